The molecule has 0 aliphatic carbocycles. The number of carbonyl (C=O) groups is 2. The number of amides is 2. The number of rotatable bonds is 7. The summed E-state index contributed by atoms with van der Waals surface area (Å²) >= 11 is 0. The highest BCUT2D eigenvalue weighted by Crippen LogP contribution is 2.18. The summed E-state index contributed by atoms with van der Waals surface area (Å²) in [5.74, 6) is 0.144. The maximum Gasteiger partial charge on any atom is 0.254 e. The summed E-state index contributed by atoms with van der Waals surface area (Å²) in [5, 5.41) is 2.80. The second kappa shape index (κ2) is 9.37. The molecule has 1 fully saturated rings. The van der Waals surface area contributed by atoms with Gasteiger partial charge in [0, 0.05) is 24.9 Å². The van der Waals surface area contributed by atoms with E-state index in [0.29, 0.717) is 23.6 Å². The Morgan fingerprint density at radius 1 is 1.21 bits per heavy atom. The fourth-order valence-electron chi connectivity index (χ4n) is 3.03. The lowest BCUT2D eigenvalue weighted by atomic mass is 10.2. The summed E-state index contributed by atoms with van der Waals surface area (Å²) in [4.78, 5) is 26.3. The second-order valence-electron chi connectivity index (χ2n) is 7.05. The number of hydrogen-bond acceptors (Lipinski definition) is 4. The van der Waals surface area contributed by atoms with Crippen molar-refractivity contribution < 1.29 is 19.1 Å². The van der Waals surface area contributed by atoms with Gasteiger partial charge in [0.2, 0.25) is 5.91 Å². The molecule has 1 N–H and O–H groups in total. The quantitative estimate of drug-likeness (QED) is 0.798. The Balaban J connectivity index is 1.53. The molecule has 0 saturated carbocycles. The van der Waals surface area contributed by atoms with Gasteiger partial charge in [-0.2, -0.15) is 0 Å². The van der Waals surface area contributed by atoms with Gasteiger partial charge in [-0.3, -0.25) is 9.59 Å². The molecule has 6 nitrogen and oxygen atoms in total. The summed E-state index contributed by atoms with van der Waals surface area (Å²) in [6, 6.07) is 14.5. The number of anilines is 1. The minimum absolute atomic E-state index is 0.0340. The number of hydrogen-bond donors (Lipinski definition) is 1. The fraction of sp³-hybridized carbons (Fsp3) is 0.364. The molecule has 148 valence electrons. The van der Waals surface area contributed by atoms with Crippen LogP contribution >= 0.6 is 0 Å². The fourth-order valence-corrected chi connectivity index (χ4v) is 3.03. The topological polar surface area (TPSA) is 67.9 Å². The van der Waals surface area contributed by atoms with Crippen LogP contribution in [0.15, 0.2) is 48.5 Å². The van der Waals surface area contributed by atoms with E-state index in [4.69, 9.17) is 9.47 Å². The molecule has 0 unspecified atom stereocenters. The number of benzene rings is 2. The van der Waals surface area contributed by atoms with Gasteiger partial charge < -0.3 is 19.7 Å². The van der Waals surface area contributed by atoms with E-state index in [1.54, 1.807) is 25.2 Å². The van der Waals surface area contributed by atoms with Gasteiger partial charge in [-0.1, -0.05) is 23.8 Å². The van der Waals surface area contributed by atoms with Gasteiger partial charge in [-0.15, -0.1) is 0 Å². The number of ether oxygens (including phenoxy) is 2. The lowest BCUT2D eigenvalue weighted by Gasteiger charge is -2.18. The SMILES string of the molecule is Cc1ccc(NC(=O)CN(C)C(=O)c2cccc(OC[C@H]3CCCO3)c2)cc1. The van der Waals surface area contributed by atoms with E-state index in [2.05, 4.69) is 5.32 Å². The molecule has 1 heterocycles. The molecule has 28 heavy (non-hydrogen) atoms. The maximum atomic E-state index is 12.7. The molecule has 2 aromatic rings. The van der Waals surface area contributed by atoms with Crippen molar-refractivity contribution in [3.8, 4) is 5.75 Å². The Kier molecular flexibility index (Phi) is 6.66. The third-order valence-corrected chi connectivity index (χ3v) is 4.60. The van der Waals surface area contributed by atoms with Crippen LogP contribution < -0.4 is 10.1 Å². The maximum absolute atomic E-state index is 12.7. The van der Waals surface area contributed by atoms with Crippen LogP contribution in [0.3, 0.4) is 0 Å². The lowest BCUT2D eigenvalue weighted by Crippen LogP contribution is -2.34. The highest BCUT2D eigenvalue weighted by atomic mass is 16.5. The standard InChI is InChI=1S/C22H26N2O4/c1-16-8-10-18(11-9-16)23-21(25)14-24(2)22(26)17-5-3-6-19(13-17)28-15-20-7-4-12-27-20/h3,5-6,8-11,13,20H,4,7,12,14-15H2,1-2H3,(H,23,25)/t20-/m1/s1. The average molecular weight is 382 g/mol. The predicted octanol–water partition coefficient (Wildman–Crippen LogP) is 3.26. The van der Waals surface area contributed by atoms with Crippen molar-refractivity contribution in [2.75, 3.05) is 32.1 Å². The van der Waals surface area contributed by atoms with E-state index in [0.717, 1.165) is 25.0 Å². The van der Waals surface area contributed by atoms with Crippen molar-refractivity contribution in [1.82, 2.24) is 4.90 Å². The first-order chi connectivity index (χ1) is 13.5. The van der Waals surface area contributed by atoms with E-state index in [9.17, 15) is 9.59 Å². The van der Waals surface area contributed by atoms with Crippen LogP contribution in [0.4, 0.5) is 5.69 Å². The van der Waals surface area contributed by atoms with Crippen LogP contribution in [0, 0.1) is 6.92 Å². The van der Waals surface area contributed by atoms with Crippen molar-refractivity contribution in [1.29, 1.82) is 0 Å². The van der Waals surface area contributed by atoms with Crippen LogP contribution in [-0.4, -0.2) is 49.6 Å². The number of nitrogens with one attached hydrogen (secondary N) is 1. The minimum atomic E-state index is -0.245. The molecule has 6 heteroatoms. The molecular weight excluding hydrogens is 356 g/mol. The van der Waals surface area contributed by atoms with Crippen LogP contribution in [0.1, 0.15) is 28.8 Å². The van der Waals surface area contributed by atoms with Gasteiger partial charge in [0.1, 0.15) is 12.4 Å². The molecule has 3 rings (SSSR count). The summed E-state index contributed by atoms with van der Waals surface area (Å²) in [6.45, 7) is 3.21. The molecule has 2 aromatic carbocycles. The zero-order valence-electron chi connectivity index (χ0n) is 16.3. The Morgan fingerprint density at radius 2 is 2.00 bits per heavy atom. The highest BCUT2D eigenvalue weighted by molar-refractivity contribution is 5.99. The van der Waals surface area contributed by atoms with Crippen molar-refractivity contribution >= 4 is 17.5 Å². The molecule has 1 atom stereocenters. The van der Waals surface area contributed by atoms with Crippen molar-refractivity contribution in [2.45, 2.75) is 25.9 Å². The Morgan fingerprint density at radius 3 is 2.71 bits per heavy atom. The smallest absolute Gasteiger partial charge is 0.254 e. The largest absolute Gasteiger partial charge is 0.491 e. The Hall–Kier alpha value is -2.86. The van der Waals surface area contributed by atoms with E-state index in [-0.39, 0.29) is 24.5 Å². The molecule has 0 bridgehead atoms. The first-order valence-electron chi connectivity index (χ1n) is 9.48. The molecular formula is C22H26N2O4. The van der Waals surface area contributed by atoms with Gasteiger partial charge in [0.25, 0.3) is 5.91 Å². The van der Waals surface area contributed by atoms with Crippen molar-refractivity contribution in [3.63, 3.8) is 0 Å². The van der Waals surface area contributed by atoms with E-state index < -0.39 is 0 Å². The van der Waals surface area contributed by atoms with Gasteiger partial charge in [0.05, 0.1) is 12.6 Å². The summed E-state index contributed by atoms with van der Waals surface area (Å²) in [6.07, 6.45) is 2.17. The van der Waals surface area contributed by atoms with Gasteiger partial charge in [-0.25, -0.2) is 0 Å². The Bertz CT molecular complexity index is 814. The van der Waals surface area contributed by atoms with Gasteiger partial charge in [0.15, 0.2) is 0 Å². The molecule has 0 radical (unpaired) electrons. The first-order valence-corrected chi connectivity index (χ1v) is 9.48. The van der Waals surface area contributed by atoms with E-state index >= 15 is 0 Å². The van der Waals surface area contributed by atoms with Crippen molar-refractivity contribution in [3.05, 3.63) is 59.7 Å². The molecule has 0 spiro atoms. The third kappa shape index (κ3) is 5.57. The summed E-state index contributed by atoms with van der Waals surface area (Å²) in [5.41, 5.74) is 2.31. The van der Waals surface area contributed by atoms with Crippen LogP contribution in [-0.2, 0) is 9.53 Å². The average Bonchev–Trinajstić information content (AvgIpc) is 3.21. The van der Waals surface area contributed by atoms with Crippen molar-refractivity contribution in [2.24, 2.45) is 0 Å². The van der Waals surface area contributed by atoms with Crippen LogP contribution in [0.2, 0.25) is 0 Å². The van der Waals surface area contributed by atoms with Crippen LogP contribution in [0.25, 0.3) is 0 Å². The summed E-state index contributed by atoms with van der Waals surface area (Å²) in [7, 11) is 1.61. The summed E-state index contributed by atoms with van der Waals surface area (Å²) < 4.78 is 11.3. The number of carbonyl (C=O) groups excluding carboxylic acids is 2. The number of nitrogens with zero attached hydrogens (tertiary/aromatic N) is 1. The van der Waals surface area contributed by atoms with E-state index in [1.807, 2.05) is 37.3 Å². The molecule has 1 saturated heterocycles. The second-order valence-corrected chi connectivity index (χ2v) is 7.05. The zero-order chi connectivity index (χ0) is 19.9. The molecule has 0 aromatic heterocycles. The number of likely N-dealkylation sites (N-methyl/N-ethyl adjacent to an activating group) is 1. The van der Waals surface area contributed by atoms with E-state index in [1.165, 1.54) is 4.90 Å². The van der Waals surface area contributed by atoms with Crippen LogP contribution in [0.5, 0.6) is 5.75 Å². The molecule has 1 aliphatic rings. The molecule has 1 aliphatic heterocycles. The highest BCUT2D eigenvalue weighted by Gasteiger charge is 2.18. The third-order valence-electron chi connectivity index (χ3n) is 4.60. The first kappa shape index (κ1) is 19.9. The molecule has 2 amide bonds. The predicted molar refractivity (Wildman–Crippen MR) is 108 cm³/mol. The minimum Gasteiger partial charge on any atom is -0.491 e. The monoisotopic (exact) mass is 382 g/mol. The lowest BCUT2D eigenvalue weighted by molar-refractivity contribution is -0.116. The normalized spacial score (nSPS) is 15.9. The van der Waals surface area contributed by atoms with Gasteiger partial charge >= 0.3 is 0 Å². The zero-order valence-corrected chi connectivity index (χ0v) is 16.3. The van der Waals surface area contributed by atoms with Gasteiger partial charge in [-0.05, 0) is 50.1 Å². The Labute approximate surface area is 165 Å². The number of aryl methyl sites for hydroxylation is 1.